The zero-order chi connectivity index (χ0) is 21.1. The van der Waals surface area contributed by atoms with E-state index in [1.165, 1.54) is 20.8 Å². The van der Waals surface area contributed by atoms with Crippen LogP contribution in [0.5, 0.6) is 0 Å². The molecule has 0 fully saturated rings. The molecule has 4 rings (SSSR count). The molecule has 4 aromatic rings. The number of carbonyl (C=O) groups is 1. The number of nitrogens with one attached hydrogen (secondary N) is 1. The van der Waals surface area contributed by atoms with Gasteiger partial charge in [0, 0.05) is 23.8 Å². The van der Waals surface area contributed by atoms with Crippen LogP contribution in [0.15, 0.2) is 75.6 Å². The van der Waals surface area contributed by atoms with Crippen LogP contribution in [-0.4, -0.2) is 25.1 Å². The monoisotopic (exact) mass is 419 g/mol. The molecule has 152 valence electrons. The number of hydrogen-bond acceptors (Lipinski definition) is 5. The molecule has 2 heterocycles. The van der Waals surface area contributed by atoms with Crippen molar-refractivity contribution in [2.45, 2.75) is 36.9 Å². The van der Waals surface area contributed by atoms with Gasteiger partial charge in [0.15, 0.2) is 5.65 Å². The summed E-state index contributed by atoms with van der Waals surface area (Å²) in [6.07, 6.45) is 3.13. The summed E-state index contributed by atoms with van der Waals surface area (Å²) in [6, 6.07) is 15.9. The van der Waals surface area contributed by atoms with Gasteiger partial charge in [-0.3, -0.25) is 4.79 Å². The van der Waals surface area contributed by atoms with E-state index in [1.807, 2.05) is 62.4 Å². The minimum absolute atomic E-state index is 0.152. The normalized spacial score (nSPS) is 11.0. The maximum absolute atomic E-state index is 12.7. The molecular weight excluding hydrogens is 398 g/mol. The Balaban J connectivity index is 1.52. The van der Waals surface area contributed by atoms with E-state index < -0.39 is 0 Å². The number of aryl methyl sites for hydroxylation is 2. The number of nitrogens with zero attached hydrogens (tertiary/aromatic N) is 4. The van der Waals surface area contributed by atoms with Crippen LogP contribution in [0.4, 0.5) is 0 Å². The van der Waals surface area contributed by atoms with Crippen molar-refractivity contribution in [1.29, 1.82) is 0 Å². The van der Waals surface area contributed by atoms with Crippen molar-refractivity contribution in [3.05, 3.63) is 88.1 Å². The summed E-state index contributed by atoms with van der Waals surface area (Å²) < 4.78 is 2.58. The molecule has 0 spiro atoms. The summed E-state index contributed by atoms with van der Waals surface area (Å²) in [4.78, 5) is 30.4. The van der Waals surface area contributed by atoms with E-state index in [0.717, 1.165) is 21.6 Å². The molecule has 0 unspecified atom stereocenters. The van der Waals surface area contributed by atoms with Crippen molar-refractivity contribution in [3.8, 4) is 0 Å². The van der Waals surface area contributed by atoms with Crippen molar-refractivity contribution in [2.75, 3.05) is 0 Å². The van der Waals surface area contributed by atoms with Crippen LogP contribution in [0.1, 0.15) is 16.7 Å². The maximum Gasteiger partial charge on any atom is 0.350 e. The molecule has 0 bridgehead atoms. The van der Waals surface area contributed by atoms with Gasteiger partial charge < -0.3 is 5.32 Å². The first-order valence-corrected chi connectivity index (χ1v) is 10.3. The summed E-state index contributed by atoms with van der Waals surface area (Å²) in [6.45, 7) is 4.28. The van der Waals surface area contributed by atoms with E-state index in [1.54, 1.807) is 12.4 Å². The Hall–Kier alpha value is -3.39. The molecule has 2 aromatic heterocycles. The molecule has 7 nitrogen and oxygen atoms in total. The first kappa shape index (κ1) is 19.9. The van der Waals surface area contributed by atoms with E-state index in [4.69, 9.17) is 0 Å². The lowest BCUT2D eigenvalue weighted by Gasteiger charge is -2.05. The molecule has 0 atom stereocenters. The number of rotatable bonds is 6. The van der Waals surface area contributed by atoms with E-state index in [0.29, 0.717) is 17.2 Å². The van der Waals surface area contributed by atoms with Gasteiger partial charge in [-0.05, 0) is 31.5 Å². The predicted molar refractivity (Wildman–Crippen MR) is 116 cm³/mol. The smallest absolute Gasteiger partial charge is 0.350 e. The van der Waals surface area contributed by atoms with Gasteiger partial charge in [-0.15, -0.1) is 5.10 Å². The number of amides is 1. The van der Waals surface area contributed by atoms with Crippen LogP contribution >= 0.6 is 11.8 Å². The van der Waals surface area contributed by atoms with Crippen molar-refractivity contribution in [2.24, 2.45) is 0 Å². The summed E-state index contributed by atoms with van der Waals surface area (Å²) in [5.41, 5.74) is 3.36. The zero-order valence-electron chi connectivity index (χ0n) is 16.7. The Morgan fingerprint density at radius 3 is 2.67 bits per heavy atom. The minimum atomic E-state index is -0.371. The predicted octanol–water partition coefficient (Wildman–Crippen LogP) is 2.98. The molecule has 0 aliphatic rings. The van der Waals surface area contributed by atoms with E-state index in [2.05, 4.69) is 15.4 Å². The average molecular weight is 420 g/mol. The highest BCUT2D eigenvalue weighted by Gasteiger charge is 2.15. The van der Waals surface area contributed by atoms with Crippen molar-refractivity contribution in [3.63, 3.8) is 0 Å². The third kappa shape index (κ3) is 4.44. The highest BCUT2D eigenvalue weighted by atomic mass is 32.2. The second-order valence-electron chi connectivity index (χ2n) is 7.05. The maximum atomic E-state index is 12.7. The fourth-order valence-electron chi connectivity index (χ4n) is 2.99. The molecule has 0 aliphatic carbocycles. The van der Waals surface area contributed by atoms with Crippen LogP contribution in [0.2, 0.25) is 0 Å². The van der Waals surface area contributed by atoms with Gasteiger partial charge in [0.05, 0.1) is 0 Å². The lowest BCUT2D eigenvalue weighted by Crippen LogP contribution is -2.32. The summed E-state index contributed by atoms with van der Waals surface area (Å²) in [5, 5.41) is 7.80. The molecule has 1 N–H and O–H groups in total. The lowest BCUT2D eigenvalue weighted by atomic mass is 10.1. The molecule has 2 aromatic carbocycles. The van der Waals surface area contributed by atoms with Crippen molar-refractivity contribution < 1.29 is 4.79 Å². The lowest BCUT2D eigenvalue weighted by molar-refractivity contribution is -0.122. The third-order valence-electron chi connectivity index (χ3n) is 4.58. The highest BCUT2D eigenvalue weighted by molar-refractivity contribution is 7.99. The standard InChI is InChI=1S/C22H21N5O2S/c1-15-6-8-17(9-7-15)13-24-19(28)14-27-22(29)26-11-10-23-21(20(26)25-27)30-18-5-3-4-16(2)12-18/h3-12H,13-14H2,1-2H3,(H,24,28). The average Bonchev–Trinajstić information content (AvgIpc) is 3.04. The first-order chi connectivity index (χ1) is 14.5. The third-order valence-corrected chi connectivity index (χ3v) is 5.55. The molecule has 0 saturated heterocycles. The fraction of sp³-hybridized carbons (Fsp3) is 0.182. The summed E-state index contributed by atoms with van der Waals surface area (Å²) in [7, 11) is 0. The van der Waals surface area contributed by atoms with Gasteiger partial charge in [-0.2, -0.15) is 0 Å². The van der Waals surface area contributed by atoms with Crippen molar-refractivity contribution in [1.82, 2.24) is 24.5 Å². The minimum Gasteiger partial charge on any atom is -0.350 e. The van der Waals surface area contributed by atoms with Crippen LogP contribution in [-0.2, 0) is 17.9 Å². The Labute approximate surface area is 177 Å². The highest BCUT2D eigenvalue weighted by Crippen LogP contribution is 2.28. The molecule has 30 heavy (non-hydrogen) atoms. The summed E-state index contributed by atoms with van der Waals surface area (Å²) >= 11 is 1.43. The Kier molecular flexibility index (Phi) is 5.67. The van der Waals surface area contributed by atoms with Gasteiger partial charge >= 0.3 is 5.69 Å². The van der Waals surface area contributed by atoms with E-state index in [9.17, 15) is 9.59 Å². The van der Waals surface area contributed by atoms with Gasteiger partial charge in [-0.1, -0.05) is 59.3 Å². The van der Waals surface area contributed by atoms with Crippen LogP contribution < -0.4 is 11.0 Å². The number of aromatic nitrogens is 4. The summed E-state index contributed by atoms with van der Waals surface area (Å²) in [5.74, 6) is -0.276. The number of hydrogen-bond donors (Lipinski definition) is 1. The zero-order valence-corrected chi connectivity index (χ0v) is 17.5. The second-order valence-corrected chi connectivity index (χ2v) is 8.11. The van der Waals surface area contributed by atoms with Gasteiger partial charge in [0.25, 0.3) is 0 Å². The van der Waals surface area contributed by atoms with Crippen LogP contribution in [0, 0.1) is 13.8 Å². The van der Waals surface area contributed by atoms with Crippen LogP contribution in [0.25, 0.3) is 5.65 Å². The SMILES string of the molecule is Cc1ccc(CNC(=O)Cn2nc3c(Sc4cccc(C)c4)nccn3c2=O)cc1. The molecule has 0 saturated carbocycles. The van der Waals surface area contributed by atoms with Gasteiger partial charge in [0.1, 0.15) is 11.6 Å². The van der Waals surface area contributed by atoms with Gasteiger partial charge in [-0.25, -0.2) is 18.9 Å². The fourth-order valence-corrected chi connectivity index (χ4v) is 3.95. The topological polar surface area (TPSA) is 81.3 Å². The largest absolute Gasteiger partial charge is 0.350 e. The van der Waals surface area contributed by atoms with Gasteiger partial charge in [0.2, 0.25) is 5.91 Å². The first-order valence-electron chi connectivity index (χ1n) is 9.50. The molecule has 0 radical (unpaired) electrons. The Morgan fingerprint density at radius 2 is 1.90 bits per heavy atom. The van der Waals surface area contributed by atoms with E-state index >= 15 is 0 Å². The number of fused-ring (bicyclic) bond motifs is 1. The molecule has 0 aliphatic heterocycles. The quantitative estimate of drug-likeness (QED) is 0.520. The Morgan fingerprint density at radius 1 is 1.10 bits per heavy atom. The number of carbonyl (C=O) groups excluding carboxylic acids is 1. The molecule has 8 heteroatoms. The van der Waals surface area contributed by atoms with Crippen LogP contribution in [0.3, 0.4) is 0 Å². The molecule has 1 amide bonds. The Bertz CT molecular complexity index is 1260. The van der Waals surface area contributed by atoms with E-state index in [-0.39, 0.29) is 18.1 Å². The van der Waals surface area contributed by atoms with Crippen molar-refractivity contribution >= 4 is 23.3 Å². The number of benzene rings is 2. The molecular formula is C22H21N5O2S. The second kappa shape index (κ2) is 8.54.